The van der Waals surface area contributed by atoms with Crippen molar-refractivity contribution in [2.75, 3.05) is 19.0 Å². The monoisotopic (exact) mass is 406 g/mol. The van der Waals surface area contributed by atoms with Crippen molar-refractivity contribution < 1.29 is 14.2 Å². The lowest BCUT2D eigenvalue weighted by Crippen LogP contribution is -2.05. The van der Waals surface area contributed by atoms with E-state index in [-0.39, 0.29) is 12.3 Å². The predicted octanol–water partition coefficient (Wildman–Crippen LogP) is 3.47. The smallest absolute Gasteiger partial charge is 0.213 e. The van der Waals surface area contributed by atoms with Crippen LogP contribution in [0.15, 0.2) is 55.0 Å². The number of aromatic nitrogens is 5. The zero-order valence-corrected chi connectivity index (χ0v) is 16.2. The molecule has 4 aromatic rings. The highest BCUT2D eigenvalue weighted by Gasteiger charge is 2.14. The standard InChI is InChI=1S/C21H19FN6O2/c1-30-19-7-4-6-17(24-19)20-26-21(25-16-8-9-23-12-15(16)22)18-11-14(5-2-3-10-29)13-28(18)27-20/h2,4-9,11-13,29H,3,10H2,1H3,(H,23,25,26,27). The fourth-order valence-corrected chi connectivity index (χ4v) is 2.86. The molecule has 0 saturated heterocycles. The van der Waals surface area contributed by atoms with Crippen LogP contribution in [0.1, 0.15) is 12.0 Å². The highest BCUT2D eigenvalue weighted by molar-refractivity contribution is 5.77. The maximum absolute atomic E-state index is 14.2. The molecule has 0 bridgehead atoms. The number of anilines is 2. The molecule has 0 aliphatic heterocycles. The van der Waals surface area contributed by atoms with Crippen LogP contribution in [0.3, 0.4) is 0 Å². The summed E-state index contributed by atoms with van der Waals surface area (Å²) < 4.78 is 21.0. The van der Waals surface area contributed by atoms with Gasteiger partial charge in [0, 0.05) is 25.1 Å². The van der Waals surface area contributed by atoms with Crippen LogP contribution in [-0.2, 0) is 0 Å². The van der Waals surface area contributed by atoms with Gasteiger partial charge in [-0.15, -0.1) is 5.10 Å². The van der Waals surface area contributed by atoms with Gasteiger partial charge in [0.15, 0.2) is 11.6 Å². The van der Waals surface area contributed by atoms with Gasteiger partial charge in [0.1, 0.15) is 11.2 Å². The number of hydrogen-bond acceptors (Lipinski definition) is 7. The molecule has 0 aliphatic rings. The Bertz CT molecular complexity index is 1210. The Hall–Kier alpha value is -3.85. The van der Waals surface area contributed by atoms with Crippen LogP contribution < -0.4 is 10.1 Å². The van der Waals surface area contributed by atoms with E-state index in [0.29, 0.717) is 35.2 Å². The second-order valence-corrected chi connectivity index (χ2v) is 6.35. The molecule has 4 heterocycles. The summed E-state index contributed by atoms with van der Waals surface area (Å²) in [5.74, 6) is 0.701. The van der Waals surface area contributed by atoms with Crippen molar-refractivity contribution in [1.82, 2.24) is 24.6 Å². The fraction of sp³-hybridized carbons (Fsp3) is 0.143. The van der Waals surface area contributed by atoms with Gasteiger partial charge in [-0.05, 0) is 30.2 Å². The van der Waals surface area contributed by atoms with Gasteiger partial charge in [-0.1, -0.05) is 18.2 Å². The molecule has 152 valence electrons. The first-order chi connectivity index (χ1) is 14.7. The third kappa shape index (κ3) is 4.11. The van der Waals surface area contributed by atoms with E-state index in [9.17, 15) is 4.39 Å². The average molecular weight is 406 g/mol. The van der Waals surface area contributed by atoms with Gasteiger partial charge in [-0.3, -0.25) is 4.98 Å². The fourth-order valence-electron chi connectivity index (χ4n) is 2.86. The first kappa shape index (κ1) is 19.5. The van der Waals surface area contributed by atoms with Gasteiger partial charge in [0.25, 0.3) is 0 Å². The van der Waals surface area contributed by atoms with Crippen LogP contribution in [0.2, 0.25) is 0 Å². The number of ether oxygens (including phenoxy) is 1. The number of aliphatic hydroxyl groups excluding tert-OH is 1. The van der Waals surface area contributed by atoms with Crippen molar-refractivity contribution in [2.45, 2.75) is 6.42 Å². The number of halogens is 1. The van der Waals surface area contributed by atoms with E-state index in [4.69, 9.17) is 9.84 Å². The molecule has 30 heavy (non-hydrogen) atoms. The number of nitrogens with zero attached hydrogens (tertiary/aromatic N) is 5. The molecular weight excluding hydrogens is 387 g/mol. The molecular formula is C21H19FN6O2. The molecule has 0 fully saturated rings. The summed E-state index contributed by atoms with van der Waals surface area (Å²) in [7, 11) is 1.53. The highest BCUT2D eigenvalue weighted by Crippen LogP contribution is 2.26. The van der Waals surface area contributed by atoms with E-state index < -0.39 is 5.82 Å². The van der Waals surface area contributed by atoms with Crippen LogP contribution in [0.4, 0.5) is 15.9 Å². The minimum absolute atomic E-state index is 0.0729. The van der Waals surface area contributed by atoms with Gasteiger partial charge in [0.2, 0.25) is 11.7 Å². The Balaban J connectivity index is 1.83. The average Bonchev–Trinajstić information content (AvgIpc) is 3.19. The zero-order valence-electron chi connectivity index (χ0n) is 16.2. The van der Waals surface area contributed by atoms with Crippen molar-refractivity contribution >= 4 is 23.1 Å². The third-order valence-corrected chi connectivity index (χ3v) is 4.28. The minimum atomic E-state index is -0.495. The summed E-state index contributed by atoms with van der Waals surface area (Å²) in [6, 6.07) is 8.70. The quantitative estimate of drug-likeness (QED) is 0.485. The zero-order chi connectivity index (χ0) is 20.9. The molecule has 0 aromatic carbocycles. The van der Waals surface area contributed by atoms with Crippen LogP contribution in [0, 0.1) is 5.82 Å². The summed E-state index contributed by atoms with van der Waals surface area (Å²) in [6.45, 7) is 0.0729. The molecule has 0 radical (unpaired) electrons. The van der Waals surface area contributed by atoms with Crippen LogP contribution in [0.25, 0.3) is 23.1 Å². The predicted molar refractivity (Wildman–Crippen MR) is 111 cm³/mol. The topological polar surface area (TPSA) is 97.5 Å². The molecule has 4 aromatic heterocycles. The summed E-state index contributed by atoms with van der Waals surface area (Å²) >= 11 is 0. The lowest BCUT2D eigenvalue weighted by molar-refractivity contribution is 0.303. The SMILES string of the molecule is COc1cccc(-c2nc(Nc3ccncc3F)c3cc(C=CCCO)cn3n2)n1. The number of aliphatic hydroxyl groups is 1. The largest absolute Gasteiger partial charge is 0.481 e. The molecule has 0 amide bonds. The number of hydrogen-bond donors (Lipinski definition) is 2. The second-order valence-electron chi connectivity index (χ2n) is 6.35. The number of pyridine rings is 2. The van der Waals surface area contributed by atoms with E-state index in [0.717, 1.165) is 11.8 Å². The van der Waals surface area contributed by atoms with E-state index in [2.05, 4.69) is 25.4 Å². The van der Waals surface area contributed by atoms with E-state index in [1.54, 1.807) is 22.7 Å². The van der Waals surface area contributed by atoms with Crippen molar-refractivity contribution in [3.63, 3.8) is 0 Å². The van der Waals surface area contributed by atoms with Gasteiger partial charge >= 0.3 is 0 Å². The first-order valence-electron chi connectivity index (χ1n) is 9.23. The van der Waals surface area contributed by atoms with Crippen molar-refractivity contribution in [3.8, 4) is 17.4 Å². The molecule has 0 unspecified atom stereocenters. The molecule has 0 aliphatic carbocycles. The van der Waals surface area contributed by atoms with Crippen molar-refractivity contribution in [1.29, 1.82) is 0 Å². The third-order valence-electron chi connectivity index (χ3n) is 4.28. The van der Waals surface area contributed by atoms with Crippen LogP contribution in [0.5, 0.6) is 5.88 Å². The Labute approximate surface area is 171 Å². The summed E-state index contributed by atoms with van der Waals surface area (Å²) in [5, 5.41) is 16.6. The van der Waals surface area contributed by atoms with E-state index in [1.807, 2.05) is 24.4 Å². The minimum Gasteiger partial charge on any atom is -0.481 e. The maximum atomic E-state index is 14.2. The number of nitrogens with one attached hydrogen (secondary N) is 1. The van der Waals surface area contributed by atoms with Gasteiger partial charge in [0.05, 0.1) is 19.0 Å². The lowest BCUT2D eigenvalue weighted by atomic mass is 10.2. The van der Waals surface area contributed by atoms with Gasteiger partial charge < -0.3 is 15.2 Å². The van der Waals surface area contributed by atoms with E-state index in [1.165, 1.54) is 19.4 Å². The highest BCUT2D eigenvalue weighted by atomic mass is 19.1. The normalized spacial score (nSPS) is 11.3. The molecule has 0 saturated carbocycles. The van der Waals surface area contributed by atoms with Crippen molar-refractivity contribution in [3.05, 3.63) is 66.4 Å². The molecule has 4 rings (SSSR count). The van der Waals surface area contributed by atoms with Crippen LogP contribution >= 0.6 is 0 Å². The van der Waals surface area contributed by atoms with Gasteiger partial charge in [-0.25, -0.2) is 18.9 Å². The molecule has 9 heteroatoms. The molecule has 8 nitrogen and oxygen atoms in total. The number of methoxy groups -OCH3 is 1. The second kappa shape index (κ2) is 8.66. The number of fused-ring (bicyclic) bond motifs is 1. The van der Waals surface area contributed by atoms with E-state index >= 15 is 0 Å². The molecule has 0 spiro atoms. The Morgan fingerprint density at radius 2 is 2.17 bits per heavy atom. The molecule has 0 atom stereocenters. The van der Waals surface area contributed by atoms with Crippen molar-refractivity contribution in [2.24, 2.45) is 0 Å². The summed E-state index contributed by atoms with van der Waals surface area (Å²) in [4.78, 5) is 12.7. The number of rotatable bonds is 7. The Morgan fingerprint density at radius 3 is 2.97 bits per heavy atom. The maximum Gasteiger partial charge on any atom is 0.213 e. The lowest BCUT2D eigenvalue weighted by Gasteiger charge is -2.10. The Morgan fingerprint density at radius 1 is 1.27 bits per heavy atom. The summed E-state index contributed by atoms with van der Waals surface area (Å²) in [5.41, 5.74) is 2.28. The Kier molecular flexibility index (Phi) is 5.62. The summed E-state index contributed by atoms with van der Waals surface area (Å²) in [6.07, 6.45) is 8.74. The molecule has 2 N–H and O–H groups in total. The van der Waals surface area contributed by atoms with Gasteiger partial charge in [-0.2, -0.15) is 0 Å². The first-order valence-corrected chi connectivity index (χ1v) is 9.23. The van der Waals surface area contributed by atoms with Crippen LogP contribution in [-0.4, -0.2) is 43.4 Å².